The number of rotatable bonds is 18. The minimum atomic E-state index is -0.605. The maximum atomic E-state index is 12.5. The SMILES string of the molecule is CC(C)(C)OC(=O)N[C@@H](CCCCN)C(=O)NCCCNCCCCNCCCN. The fourth-order valence-corrected chi connectivity index (χ4v) is 2.74. The van der Waals surface area contributed by atoms with Crippen LogP contribution in [-0.4, -0.2) is 69.5 Å². The molecule has 0 aromatic heterocycles. The Hall–Kier alpha value is -1.42. The molecule has 0 unspecified atom stereocenters. The highest BCUT2D eigenvalue weighted by Crippen LogP contribution is 2.08. The van der Waals surface area contributed by atoms with E-state index in [1.54, 1.807) is 20.8 Å². The molecule has 9 nitrogen and oxygen atoms in total. The molecule has 178 valence electrons. The van der Waals surface area contributed by atoms with Gasteiger partial charge in [-0.15, -0.1) is 0 Å². The number of hydrogen-bond acceptors (Lipinski definition) is 7. The second-order valence-corrected chi connectivity index (χ2v) is 8.48. The maximum Gasteiger partial charge on any atom is 0.408 e. The van der Waals surface area contributed by atoms with Crippen LogP contribution in [0.4, 0.5) is 4.79 Å². The molecule has 1 atom stereocenters. The lowest BCUT2D eigenvalue weighted by Crippen LogP contribution is -2.48. The topological polar surface area (TPSA) is 144 Å². The van der Waals surface area contributed by atoms with Crippen LogP contribution in [0.15, 0.2) is 0 Å². The van der Waals surface area contributed by atoms with Gasteiger partial charge in [0.1, 0.15) is 11.6 Å². The molecule has 0 rings (SSSR count). The summed E-state index contributed by atoms with van der Waals surface area (Å²) in [6.07, 6.45) is 5.65. The first kappa shape index (κ1) is 28.6. The van der Waals surface area contributed by atoms with Gasteiger partial charge >= 0.3 is 6.09 Å². The molecule has 0 heterocycles. The van der Waals surface area contributed by atoms with Crippen molar-refractivity contribution in [2.45, 2.75) is 77.4 Å². The Morgan fingerprint density at radius 3 is 1.93 bits per heavy atom. The fourth-order valence-electron chi connectivity index (χ4n) is 2.74. The van der Waals surface area contributed by atoms with Crippen molar-refractivity contribution >= 4 is 12.0 Å². The molecular weight excluding hydrogens is 384 g/mol. The second kappa shape index (κ2) is 18.4. The van der Waals surface area contributed by atoms with Crippen molar-refractivity contribution in [2.75, 3.05) is 45.8 Å². The Morgan fingerprint density at radius 2 is 1.37 bits per heavy atom. The molecule has 0 aliphatic rings. The van der Waals surface area contributed by atoms with Gasteiger partial charge in [0.2, 0.25) is 5.91 Å². The van der Waals surface area contributed by atoms with E-state index in [2.05, 4.69) is 21.3 Å². The molecule has 0 bridgehead atoms. The normalized spacial score (nSPS) is 12.4. The van der Waals surface area contributed by atoms with Gasteiger partial charge in [-0.25, -0.2) is 4.79 Å². The van der Waals surface area contributed by atoms with Gasteiger partial charge in [-0.3, -0.25) is 4.79 Å². The van der Waals surface area contributed by atoms with E-state index in [9.17, 15) is 9.59 Å². The quantitative estimate of drug-likeness (QED) is 0.177. The second-order valence-electron chi connectivity index (χ2n) is 8.48. The number of nitrogens with one attached hydrogen (secondary N) is 4. The van der Waals surface area contributed by atoms with Crippen molar-refractivity contribution < 1.29 is 14.3 Å². The highest BCUT2D eigenvalue weighted by Gasteiger charge is 2.23. The predicted octanol–water partition coefficient (Wildman–Crippen LogP) is 0.823. The van der Waals surface area contributed by atoms with Crippen molar-refractivity contribution in [3.63, 3.8) is 0 Å². The number of ether oxygens (including phenoxy) is 1. The maximum absolute atomic E-state index is 12.5. The molecule has 0 aliphatic carbocycles. The number of carbonyl (C=O) groups excluding carboxylic acids is 2. The first-order chi connectivity index (χ1) is 14.3. The van der Waals surface area contributed by atoms with Crippen molar-refractivity contribution in [3.8, 4) is 0 Å². The number of nitrogens with two attached hydrogens (primary N) is 2. The smallest absolute Gasteiger partial charge is 0.408 e. The third-order valence-electron chi connectivity index (χ3n) is 4.30. The first-order valence-electron chi connectivity index (χ1n) is 11.4. The van der Waals surface area contributed by atoms with E-state index in [0.717, 1.165) is 71.2 Å². The summed E-state index contributed by atoms with van der Waals surface area (Å²) in [7, 11) is 0. The standard InChI is InChI=1S/C21H46N6O3/c1-21(2,3)30-20(29)27-18(10-4-5-11-22)19(28)26-17-9-16-25-14-7-6-13-24-15-8-12-23/h18,24-25H,4-17,22-23H2,1-3H3,(H,26,28)(H,27,29)/t18-/m0/s1. The summed E-state index contributed by atoms with van der Waals surface area (Å²) in [5, 5.41) is 12.3. The van der Waals surface area contributed by atoms with Crippen LogP contribution in [0.25, 0.3) is 0 Å². The lowest BCUT2D eigenvalue weighted by atomic mass is 10.1. The summed E-state index contributed by atoms with van der Waals surface area (Å²) in [5.74, 6) is -0.179. The molecule has 30 heavy (non-hydrogen) atoms. The minimum Gasteiger partial charge on any atom is -0.444 e. The summed E-state index contributed by atoms with van der Waals surface area (Å²) < 4.78 is 5.27. The van der Waals surface area contributed by atoms with E-state index in [1.165, 1.54) is 0 Å². The average Bonchev–Trinajstić information content (AvgIpc) is 2.66. The average molecular weight is 431 g/mol. The van der Waals surface area contributed by atoms with E-state index in [4.69, 9.17) is 16.2 Å². The molecule has 2 amide bonds. The van der Waals surface area contributed by atoms with Crippen LogP contribution in [0, 0.1) is 0 Å². The zero-order valence-electron chi connectivity index (χ0n) is 19.4. The Kier molecular flexibility index (Phi) is 17.5. The number of unbranched alkanes of at least 4 members (excludes halogenated alkanes) is 2. The fraction of sp³-hybridized carbons (Fsp3) is 0.905. The van der Waals surface area contributed by atoms with E-state index < -0.39 is 17.7 Å². The van der Waals surface area contributed by atoms with Crippen LogP contribution in [-0.2, 0) is 9.53 Å². The largest absolute Gasteiger partial charge is 0.444 e. The molecule has 0 aromatic carbocycles. The van der Waals surface area contributed by atoms with Crippen LogP contribution in [0.3, 0.4) is 0 Å². The molecule has 0 radical (unpaired) electrons. The Bertz CT molecular complexity index is 443. The van der Waals surface area contributed by atoms with Gasteiger partial charge in [-0.1, -0.05) is 0 Å². The summed E-state index contributed by atoms with van der Waals surface area (Å²) in [4.78, 5) is 24.5. The molecular formula is C21H46N6O3. The highest BCUT2D eigenvalue weighted by atomic mass is 16.6. The van der Waals surface area contributed by atoms with Crippen LogP contribution >= 0.6 is 0 Å². The summed E-state index contributed by atoms with van der Waals surface area (Å²) in [6.45, 7) is 11.1. The van der Waals surface area contributed by atoms with Crippen LogP contribution in [0.1, 0.15) is 65.7 Å². The van der Waals surface area contributed by atoms with E-state index in [-0.39, 0.29) is 5.91 Å². The monoisotopic (exact) mass is 430 g/mol. The van der Waals surface area contributed by atoms with Gasteiger partial charge in [0, 0.05) is 6.54 Å². The predicted molar refractivity (Wildman–Crippen MR) is 122 cm³/mol. The summed E-state index contributed by atoms with van der Waals surface area (Å²) in [5.41, 5.74) is 10.4. The molecule has 0 saturated heterocycles. The summed E-state index contributed by atoms with van der Waals surface area (Å²) in [6, 6.07) is -0.605. The van der Waals surface area contributed by atoms with Crippen LogP contribution in [0.5, 0.6) is 0 Å². The Labute approximate surface area is 182 Å². The lowest BCUT2D eigenvalue weighted by Gasteiger charge is -2.23. The van der Waals surface area contributed by atoms with Gasteiger partial charge < -0.3 is 37.5 Å². The van der Waals surface area contributed by atoms with Gasteiger partial charge in [-0.05, 0) is 105 Å². The van der Waals surface area contributed by atoms with Gasteiger partial charge in [0.05, 0.1) is 0 Å². The summed E-state index contributed by atoms with van der Waals surface area (Å²) >= 11 is 0. The third-order valence-corrected chi connectivity index (χ3v) is 4.30. The van der Waals surface area contributed by atoms with Crippen molar-refractivity contribution in [1.82, 2.24) is 21.3 Å². The molecule has 0 aliphatic heterocycles. The van der Waals surface area contributed by atoms with Crippen molar-refractivity contribution in [3.05, 3.63) is 0 Å². The molecule has 0 aromatic rings. The number of amides is 2. The number of carbonyl (C=O) groups is 2. The zero-order valence-corrected chi connectivity index (χ0v) is 19.4. The highest BCUT2D eigenvalue weighted by molar-refractivity contribution is 5.85. The van der Waals surface area contributed by atoms with E-state index >= 15 is 0 Å². The minimum absolute atomic E-state index is 0.179. The van der Waals surface area contributed by atoms with Crippen LogP contribution < -0.4 is 32.7 Å². The van der Waals surface area contributed by atoms with Gasteiger partial charge in [-0.2, -0.15) is 0 Å². The molecule has 9 heteroatoms. The van der Waals surface area contributed by atoms with Crippen molar-refractivity contribution in [2.24, 2.45) is 11.5 Å². The van der Waals surface area contributed by atoms with E-state index in [0.29, 0.717) is 19.5 Å². The zero-order chi connectivity index (χ0) is 22.7. The Morgan fingerprint density at radius 1 is 0.800 bits per heavy atom. The molecule has 8 N–H and O–H groups in total. The van der Waals surface area contributed by atoms with Gasteiger partial charge in [0.15, 0.2) is 0 Å². The lowest BCUT2D eigenvalue weighted by molar-refractivity contribution is -0.123. The van der Waals surface area contributed by atoms with E-state index in [1.807, 2.05) is 0 Å². The van der Waals surface area contributed by atoms with Gasteiger partial charge in [0.25, 0.3) is 0 Å². The van der Waals surface area contributed by atoms with Crippen molar-refractivity contribution in [1.29, 1.82) is 0 Å². The number of alkyl carbamates (subject to hydrolysis) is 1. The molecule has 0 spiro atoms. The van der Waals surface area contributed by atoms with Crippen LogP contribution in [0.2, 0.25) is 0 Å². The third kappa shape index (κ3) is 18.6. The Balaban J connectivity index is 3.97. The number of hydrogen-bond donors (Lipinski definition) is 6. The first-order valence-corrected chi connectivity index (χ1v) is 11.4. The molecule has 0 saturated carbocycles. The molecule has 0 fully saturated rings.